The number of halogens is 2. The lowest BCUT2D eigenvalue weighted by atomic mass is 9.98. The fourth-order valence-corrected chi connectivity index (χ4v) is 5.66. The number of hydrogen-bond acceptors (Lipinski definition) is 3. The Morgan fingerprint density at radius 1 is 1.14 bits per heavy atom. The lowest BCUT2D eigenvalue weighted by Crippen LogP contribution is -2.44. The highest BCUT2D eigenvalue weighted by molar-refractivity contribution is 7.88. The Labute approximate surface area is 175 Å². The van der Waals surface area contributed by atoms with E-state index in [0.29, 0.717) is 35.0 Å². The van der Waals surface area contributed by atoms with Gasteiger partial charge in [0.1, 0.15) is 0 Å². The molecule has 8 heteroatoms. The normalized spacial score (nSPS) is 18.0. The zero-order chi connectivity index (χ0) is 20.3. The van der Waals surface area contributed by atoms with Crippen LogP contribution in [0.2, 0.25) is 10.0 Å². The Morgan fingerprint density at radius 3 is 2.50 bits per heavy atom. The van der Waals surface area contributed by atoms with Crippen LogP contribution in [0.4, 0.5) is 5.69 Å². The first kappa shape index (κ1) is 21.1. The van der Waals surface area contributed by atoms with E-state index in [0.717, 1.165) is 11.3 Å². The van der Waals surface area contributed by atoms with Gasteiger partial charge in [-0.15, -0.1) is 0 Å². The fraction of sp³-hybridized carbons (Fsp3) is 0.350. The first-order valence-corrected chi connectivity index (χ1v) is 11.4. The zero-order valence-electron chi connectivity index (χ0n) is 15.5. The molecule has 0 unspecified atom stereocenters. The lowest BCUT2D eigenvalue weighted by Gasteiger charge is -2.31. The van der Waals surface area contributed by atoms with Crippen LogP contribution in [0.1, 0.15) is 24.0 Å². The molecule has 3 rings (SSSR count). The van der Waals surface area contributed by atoms with Gasteiger partial charge in [-0.2, -0.15) is 0 Å². The van der Waals surface area contributed by atoms with E-state index in [-0.39, 0.29) is 18.2 Å². The van der Waals surface area contributed by atoms with Crippen LogP contribution in [0, 0.1) is 12.8 Å². The van der Waals surface area contributed by atoms with Gasteiger partial charge in [0.25, 0.3) is 0 Å². The number of sulfonamides is 1. The van der Waals surface area contributed by atoms with Crippen molar-refractivity contribution >= 4 is 44.8 Å². The fourth-order valence-electron chi connectivity index (χ4n) is 3.30. The summed E-state index contributed by atoms with van der Waals surface area (Å²) >= 11 is 12.3. The first-order chi connectivity index (χ1) is 13.3. The number of carbonyl (C=O) groups is 1. The third-order valence-electron chi connectivity index (χ3n) is 4.94. The van der Waals surface area contributed by atoms with Crippen molar-refractivity contribution in [1.29, 1.82) is 0 Å². The van der Waals surface area contributed by atoms with Gasteiger partial charge in [0.15, 0.2) is 0 Å². The summed E-state index contributed by atoms with van der Waals surface area (Å²) in [4.78, 5) is 12.7. The molecule has 0 aliphatic carbocycles. The molecule has 1 aliphatic heterocycles. The van der Waals surface area contributed by atoms with Crippen molar-refractivity contribution < 1.29 is 13.2 Å². The van der Waals surface area contributed by atoms with Crippen molar-refractivity contribution in [3.05, 3.63) is 63.6 Å². The van der Waals surface area contributed by atoms with Crippen LogP contribution in [-0.4, -0.2) is 31.7 Å². The van der Waals surface area contributed by atoms with E-state index in [2.05, 4.69) is 5.32 Å². The topological polar surface area (TPSA) is 66.5 Å². The van der Waals surface area contributed by atoms with E-state index in [1.807, 2.05) is 31.2 Å². The molecule has 1 aliphatic rings. The van der Waals surface area contributed by atoms with E-state index < -0.39 is 15.9 Å². The minimum absolute atomic E-state index is 0.155. The number of aryl methyl sites for hydroxylation is 1. The van der Waals surface area contributed by atoms with Crippen LogP contribution in [0.25, 0.3) is 0 Å². The van der Waals surface area contributed by atoms with Gasteiger partial charge in [0, 0.05) is 34.4 Å². The number of anilines is 1. The molecule has 0 aromatic heterocycles. The standard InChI is InChI=1S/C20H22Cl2N2O3S/c1-14-6-2-3-10-19(14)23-20(25)15-7-5-11-24(12-15)28(26,27)13-16-17(21)8-4-9-18(16)22/h2-4,6,8-10,15H,5,7,11-13H2,1H3,(H,23,25)/t15-/m0/s1. The van der Waals surface area contributed by atoms with Gasteiger partial charge < -0.3 is 5.32 Å². The van der Waals surface area contributed by atoms with Crippen LogP contribution in [0.3, 0.4) is 0 Å². The maximum absolute atomic E-state index is 12.9. The number of benzene rings is 2. The number of amides is 1. The maximum Gasteiger partial charge on any atom is 0.228 e. The summed E-state index contributed by atoms with van der Waals surface area (Å²) in [6.07, 6.45) is 1.28. The highest BCUT2D eigenvalue weighted by Gasteiger charge is 2.33. The van der Waals surface area contributed by atoms with Gasteiger partial charge in [-0.3, -0.25) is 4.79 Å². The highest BCUT2D eigenvalue weighted by atomic mass is 35.5. The van der Waals surface area contributed by atoms with Crippen molar-refractivity contribution in [2.75, 3.05) is 18.4 Å². The minimum atomic E-state index is -3.64. The summed E-state index contributed by atoms with van der Waals surface area (Å²) in [5.41, 5.74) is 2.09. The van der Waals surface area contributed by atoms with Crippen molar-refractivity contribution in [2.24, 2.45) is 5.92 Å². The van der Waals surface area contributed by atoms with Crippen LogP contribution in [-0.2, 0) is 20.6 Å². The van der Waals surface area contributed by atoms with Crippen LogP contribution in [0.5, 0.6) is 0 Å². The molecule has 0 bridgehead atoms. The molecule has 0 spiro atoms. The largest absolute Gasteiger partial charge is 0.326 e. The summed E-state index contributed by atoms with van der Waals surface area (Å²) in [6, 6.07) is 12.4. The monoisotopic (exact) mass is 440 g/mol. The maximum atomic E-state index is 12.9. The van der Waals surface area contributed by atoms with Gasteiger partial charge >= 0.3 is 0 Å². The van der Waals surface area contributed by atoms with E-state index in [1.54, 1.807) is 18.2 Å². The molecule has 1 heterocycles. The Balaban J connectivity index is 1.71. The van der Waals surface area contributed by atoms with Gasteiger partial charge in [0.05, 0.1) is 11.7 Å². The molecule has 1 saturated heterocycles. The van der Waals surface area contributed by atoms with Crippen molar-refractivity contribution in [3.8, 4) is 0 Å². The SMILES string of the molecule is Cc1ccccc1NC(=O)[C@H]1CCCN(S(=O)(=O)Cc2c(Cl)cccc2Cl)C1. The molecule has 5 nitrogen and oxygen atoms in total. The Bertz CT molecular complexity index is 959. The minimum Gasteiger partial charge on any atom is -0.326 e. The van der Waals surface area contributed by atoms with Gasteiger partial charge in [0.2, 0.25) is 15.9 Å². The molecule has 1 fully saturated rings. The average Bonchev–Trinajstić information content (AvgIpc) is 2.67. The summed E-state index contributed by atoms with van der Waals surface area (Å²) in [5, 5.41) is 3.56. The second-order valence-electron chi connectivity index (χ2n) is 6.96. The van der Waals surface area contributed by atoms with Crippen LogP contribution < -0.4 is 5.32 Å². The molecule has 150 valence electrons. The number of piperidine rings is 1. The summed E-state index contributed by atoms with van der Waals surface area (Å²) in [5.74, 6) is -0.840. The molecule has 1 atom stereocenters. The predicted octanol–water partition coefficient (Wildman–Crippen LogP) is 4.48. The molecule has 2 aromatic rings. The second kappa shape index (κ2) is 8.82. The quantitative estimate of drug-likeness (QED) is 0.744. The summed E-state index contributed by atoms with van der Waals surface area (Å²) < 4.78 is 27.2. The van der Waals surface area contributed by atoms with Crippen LogP contribution >= 0.6 is 23.2 Å². The van der Waals surface area contributed by atoms with Gasteiger partial charge in [-0.05, 0) is 43.5 Å². The Morgan fingerprint density at radius 2 is 1.82 bits per heavy atom. The van der Waals surface area contributed by atoms with Crippen molar-refractivity contribution in [2.45, 2.75) is 25.5 Å². The predicted molar refractivity (Wildman–Crippen MR) is 113 cm³/mol. The molecule has 1 N–H and O–H groups in total. The molecule has 0 radical (unpaired) electrons. The van der Waals surface area contributed by atoms with E-state index in [1.165, 1.54) is 4.31 Å². The number of nitrogens with one attached hydrogen (secondary N) is 1. The molecular formula is C20H22Cl2N2O3S. The first-order valence-electron chi connectivity index (χ1n) is 9.05. The number of hydrogen-bond donors (Lipinski definition) is 1. The number of nitrogens with zero attached hydrogens (tertiary/aromatic N) is 1. The number of rotatable bonds is 5. The van der Waals surface area contributed by atoms with Crippen LogP contribution in [0.15, 0.2) is 42.5 Å². The third kappa shape index (κ3) is 4.87. The lowest BCUT2D eigenvalue weighted by molar-refractivity contribution is -0.120. The number of para-hydroxylation sites is 1. The van der Waals surface area contributed by atoms with Gasteiger partial charge in [-0.25, -0.2) is 12.7 Å². The Kier molecular flexibility index (Phi) is 6.65. The molecular weight excluding hydrogens is 419 g/mol. The smallest absolute Gasteiger partial charge is 0.228 e. The third-order valence-corrected chi connectivity index (χ3v) is 7.42. The highest BCUT2D eigenvalue weighted by Crippen LogP contribution is 2.29. The molecule has 2 aromatic carbocycles. The zero-order valence-corrected chi connectivity index (χ0v) is 17.8. The average molecular weight is 441 g/mol. The second-order valence-corrected chi connectivity index (χ2v) is 9.74. The van der Waals surface area contributed by atoms with Gasteiger partial charge in [-0.1, -0.05) is 47.5 Å². The Hall–Kier alpha value is -1.60. The van der Waals surface area contributed by atoms with E-state index >= 15 is 0 Å². The van der Waals surface area contributed by atoms with Crippen molar-refractivity contribution in [3.63, 3.8) is 0 Å². The molecule has 1 amide bonds. The van der Waals surface area contributed by atoms with E-state index in [9.17, 15) is 13.2 Å². The molecule has 28 heavy (non-hydrogen) atoms. The van der Waals surface area contributed by atoms with E-state index in [4.69, 9.17) is 23.2 Å². The number of carbonyl (C=O) groups excluding carboxylic acids is 1. The summed E-state index contributed by atoms with van der Waals surface area (Å²) in [7, 11) is -3.64. The van der Waals surface area contributed by atoms with Crippen molar-refractivity contribution in [1.82, 2.24) is 4.31 Å². The summed E-state index contributed by atoms with van der Waals surface area (Å²) in [6.45, 7) is 2.46. The molecule has 0 saturated carbocycles.